The summed E-state index contributed by atoms with van der Waals surface area (Å²) in [5.74, 6) is 1.42. The zero-order valence-corrected chi connectivity index (χ0v) is 19.3. The van der Waals surface area contributed by atoms with E-state index in [1.165, 1.54) is 0 Å². The minimum Gasteiger partial charge on any atom is -0.421 e. The van der Waals surface area contributed by atoms with Crippen LogP contribution in [0.3, 0.4) is 0 Å². The first-order valence-electron chi connectivity index (χ1n) is 11.3. The maximum Gasteiger partial charge on any atom is 0.326 e. The molecule has 4 N–H and O–H groups in total. The molecule has 0 aliphatic carbocycles. The highest BCUT2D eigenvalue weighted by Gasteiger charge is 2.20. The van der Waals surface area contributed by atoms with Crippen LogP contribution in [-0.2, 0) is 0 Å². The minimum atomic E-state index is -0.454. The van der Waals surface area contributed by atoms with Crippen molar-refractivity contribution in [3.8, 4) is 11.8 Å². The molecular formula is C24H27FN8O. The highest BCUT2D eigenvalue weighted by atomic mass is 19.1. The number of benzene rings is 1. The van der Waals surface area contributed by atoms with E-state index in [-0.39, 0.29) is 11.8 Å². The predicted octanol–water partition coefficient (Wildman–Crippen LogP) is 4.50. The number of nitrogens with one attached hydrogen (secondary N) is 4. The first-order valence-corrected chi connectivity index (χ1v) is 11.3. The molecule has 4 aromatic rings. The van der Waals surface area contributed by atoms with Gasteiger partial charge in [-0.15, -0.1) is 0 Å². The summed E-state index contributed by atoms with van der Waals surface area (Å²) in [4.78, 5) is 14.4. The standard InChI is InChI=1S/C24H27FN8O/c1-4-5-16-11-21(32-31-16)28-20-12-22(33-9-8-26-15(3)13-33)30-24(29-20)34-19-7-6-18-17(23(19)25)10-14(2)27-18/h4-7,10-12,15,26-27H,8-9,13H2,1-3H3,(H2,28,29,30,31,32)/b5-4+. The number of piperazine rings is 1. The highest BCUT2D eigenvalue weighted by Crippen LogP contribution is 2.31. The molecule has 5 rings (SSSR count). The van der Waals surface area contributed by atoms with E-state index in [4.69, 9.17) is 4.74 Å². The molecule has 4 heterocycles. The molecule has 0 amide bonds. The summed E-state index contributed by atoms with van der Waals surface area (Å²) in [6.45, 7) is 8.36. The van der Waals surface area contributed by atoms with Crippen molar-refractivity contribution in [3.63, 3.8) is 0 Å². The SMILES string of the molecule is C/C=C/c1cc(Nc2cc(N3CCNC(C)C3)nc(Oc3ccc4[nH]c(C)cc4c3F)n2)n[nH]1. The van der Waals surface area contributed by atoms with Gasteiger partial charge in [-0.1, -0.05) is 6.08 Å². The van der Waals surface area contributed by atoms with Gasteiger partial charge in [-0.2, -0.15) is 15.1 Å². The van der Waals surface area contributed by atoms with Gasteiger partial charge in [-0.3, -0.25) is 5.10 Å². The van der Waals surface area contributed by atoms with Gasteiger partial charge in [0.15, 0.2) is 17.4 Å². The third-order valence-electron chi connectivity index (χ3n) is 5.62. The Morgan fingerprint density at radius 1 is 1.21 bits per heavy atom. The second-order valence-corrected chi connectivity index (χ2v) is 8.42. The number of aryl methyl sites for hydroxylation is 1. The van der Waals surface area contributed by atoms with Gasteiger partial charge < -0.3 is 25.3 Å². The first kappa shape index (κ1) is 21.9. The van der Waals surface area contributed by atoms with Crippen LogP contribution in [0.5, 0.6) is 11.8 Å². The second-order valence-electron chi connectivity index (χ2n) is 8.42. The van der Waals surface area contributed by atoms with Crippen molar-refractivity contribution in [2.75, 3.05) is 29.9 Å². The van der Waals surface area contributed by atoms with Crippen molar-refractivity contribution in [3.05, 3.63) is 53.6 Å². The molecule has 3 aromatic heterocycles. The van der Waals surface area contributed by atoms with Crippen molar-refractivity contribution in [2.24, 2.45) is 0 Å². The third kappa shape index (κ3) is 4.58. The quantitative estimate of drug-likeness (QED) is 0.334. The zero-order valence-electron chi connectivity index (χ0n) is 19.3. The van der Waals surface area contributed by atoms with E-state index in [0.29, 0.717) is 34.4 Å². The third-order valence-corrected chi connectivity index (χ3v) is 5.62. The molecule has 0 bridgehead atoms. The number of H-pyrrole nitrogens is 2. The Morgan fingerprint density at radius 3 is 2.91 bits per heavy atom. The molecule has 0 radical (unpaired) electrons. The molecule has 1 aliphatic heterocycles. The number of nitrogens with zero attached hydrogens (tertiary/aromatic N) is 4. The maximum atomic E-state index is 15.1. The first-order chi connectivity index (χ1) is 16.5. The summed E-state index contributed by atoms with van der Waals surface area (Å²) in [7, 11) is 0. The summed E-state index contributed by atoms with van der Waals surface area (Å²) < 4.78 is 21.0. The van der Waals surface area contributed by atoms with Crippen LogP contribution in [-0.4, -0.2) is 50.8 Å². The molecule has 0 saturated carbocycles. The lowest BCUT2D eigenvalue weighted by atomic mass is 10.2. The smallest absolute Gasteiger partial charge is 0.326 e. The monoisotopic (exact) mass is 462 g/mol. The molecule has 1 fully saturated rings. The lowest BCUT2D eigenvalue weighted by Gasteiger charge is -2.32. The molecule has 1 atom stereocenters. The van der Waals surface area contributed by atoms with Crippen molar-refractivity contribution >= 4 is 34.4 Å². The Balaban J connectivity index is 1.49. The van der Waals surface area contributed by atoms with Crippen LogP contribution in [0, 0.1) is 12.7 Å². The van der Waals surface area contributed by atoms with E-state index < -0.39 is 5.82 Å². The van der Waals surface area contributed by atoms with Crippen LogP contribution in [0.15, 0.2) is 36.4 Å². The average molecular weight is 463 g/mol. The van der Waals surface area contributed by atoms with E-state index in [1.807, 2.05) is 38.1 Å². The van der Waals surface area contributed by atoms with Crippen LogP contribution in [0.25, 0.3) is 17.0 Å². The minimum absolute atomic E-state index is 0.0564. The summed E-state index contributed by atoms with van der Waals surface area (Å²) in [6.07, 6.45) is 3.84. The van der Waals surface area contributed by atoms with Crippen LogP contribution in [0.2, 0.25) is 0 Å². The molecule has 1 saturated heterocycles. The maximum absolute atomic E-state index is 15.1. The van der Waals surface area contributed by atoms with Gasteiger partial charge >= 0.3 is 6.01 Å². The lowest BCUT2D eigenvalue weighted by molar-refractivity contribution is 0.412. The number of allylic oxidation sites excluding steroid dienone is 1. The normalized spacial score (nSPS) is 16.5. The second kappa shape index (κ2) is 9.14. The van der Waals surface area contributed by atoms with E-state index in [0.717, 1.165) is 31.0 Å². The largest absolute Gasteiger partial charge is 0.421 e. The van der Waals surface area contributed by atoms with Crippen LogP contribution >= 0.6 is 0 Å². The predicted molar refractivity (Wildman–Crippen MR) is 131 cm³/mol. The van der Waals surface area contributed by atoms with Gasteiger partial charge in [-0.05, 0) is 45.0 Å². The molecule has 1 unspecified atom stereocenters. The van der Waals surface area contributed by atoms with Crippen LogP contribution in [0.1, 0.15) is 25.2 Å². The molecule has 9 nitrogen and oxygen atoms in total. The Labute approximate surface area is 196 Å². The number of aromatic amines is 2. The fourth-order valence-corrected chi connectivity index (χ4v) is 4.09. The Kier molecular flexibility index (Phi) is 5.89. The molecule has 1 aromatic carbocycles. The van der Waals surface area contributed by atoms with Crippen molar-refractivity contribution in [1.29, 1.82) is 0 Å². The summed E-state index contributed by atoms with van der Waals surface area (Å²) in [5.41, 5.74) is 2.45. The summed E-state index contributed by atoms with van der Waals surface area (Å²) >= 11 is 0. The molecule has 10 heteroatoms. The Hall–Kier alpha value is -3.92. The highest BCUT2D eigenvalue weighted by molar-refractivity contribution is 5.82. The van der Waals surface area contributed by atoms with Gasteiger partial charge in [0.2, 0.25) is 0 Å². The van der Waals surface area contributed by atoms with Gasteiger partial charge in [0.1, 0.15) is 11.6 Å². The topological polar surface area (TPSA) is 107 Å². The fourth-order valence-electron chi connectivity index (χ4n) is 4.09. The number of fused-ring (bicyclic) bond motifs is 1. The average Bonchev–Trinajstić information content (AvgIpc) is 3.42. The number of rotatable bonds is 6. The molecular weight excluding hydrogens is 435 g/mol. The number of halogens is 1. The van der Waals surface area contributed by atoms with Crippen molar-refractivity contribution in [2.45, 2.75) is 26.8 Å². The molecule has 176 valence electrons. The molecule has 34 heavy (non-hydrogen) atoms. The zero-order chi connectivity index (χ0) is 23.7. The van der Waals surface area contributed by atoms with E-state index >= 15 is 4.39 Å². The van der Waals surface area contributed by atoms with Crippen LogP contribution in [0.4, 0.5) is 21.8 Å². The fraction of sp³-hybridized carbons (Fsp3) is 0.292. The number of anilines is 3. The molecule has 1 aliphatic rings. The van der Waals surface area contributed by atoms with Gasteiger partial charge in [0, 0.05) is 54.4 Å². The lowest BCUT2D eigenvalue weighted by Crippen LogP contribution is -2.49. The van der Waals surface area contributed by atoms with Crippen LogP contribution < -0.4 is 20.3 Å². The summed E-state index contributed by atoms with van der Waals surface area (Å²) in [5, 5.41) is 14.3. The number of hydrogen-bond acceptors (Lipinski definition) is 7. The number of aromatic nitrogens is 5. The van der Waals surface area contributed by atoms with Crippen molar-refractivity contribution < 1.29 is 9.13 Å². The van der Waals surface area contributed by atoms with E-state index in [1.54, 1.807) is 18.2 Å². The number of ether oxygens (including phenoxy) is 1. The van der Waals surface area contributed by atoms with Gasteiger partial charge in [-0.25, -0.2) is 4.39 Å². The van der Waals surface area contributed by atoms with Gasteiger partial charge in [0.05, 0.1) is 5.69 Å². The Bertz CT molecular complexity index is 1340. The van der Waals surface area contributed by atoms with E-state index in [9.17, 15) is 0 Å². The van der Waals surface area contributed by atoms with Crippen molar-refractivity contribution in [1.82, 2.24) is 30.5 Å². The van der Waals surface area contributed by atoms with Gasteiger partial charge in [0.25, 0.3) is 0 Å². The number of hydrogen-bond donors (Lipinski definition) is 4. The molecule has 0 spiro atoms. The summed E-state index contributed by atoms with van der Waals surface area (Å²) in [6, 6.07) is 9.22. The van der Waals surface area contributed by atoms with E-state index in [2.05, 4.69) is 47.6 Å². The Morgan fingerprint density at radius 2 is 2.09 bits per heavy atom.